The number of carbonyl (C=O) groups excluding carboxylic acids is 1. The molecule has 6 N–H and O–H groups in total. The zero-order valence-electron chi connectivity index (χ0n) is 15.2. The number of nitrogens with one attached hydrogen (secondary N) is 2. The maximum absolute atomic E-state index is 14.6. The number of pyridine rings is 2. The van der Waals surface area contributed by atoms with Gasteiger partial charge in [-0.05, 0) is 25.0 Å². The summed E-state index contributed by atoms with van der Waals surface area (Å²) in [5.74, 6) is -1.18. The van der Waals surface area contributed by atoms with Crippen LogP contribution in [0, 0.1) is 5.82 Å². The van der Waals surface area contributed by atoms with E-state index in [1.807, 2.05) is 16.8 Å². The Kier molecular flexibility index (Phi) is 4.82. The van der Waals surface area contributed by atoms with Gasteiger partial charge in [-0.25, -0.2) is 14.4 Å². The van der Waals surface area contributed by atoms with Crippen LogP contribution in [-0.4, -0.2) is 32.4 Å². The minimum atomic E-state index is -0.767. The molecule has 4 rings (SSSR count). The van der Waals surface area contributed by atoms with Gasteiger partial charge in [0.15, 0.2) is 11.6 Å². The first-order chi connectivity index (χ1) is 13.5. The third-order valence-corrected chi connectivity index (χ3v) is 5.04. The second-order valence-electron chi connectivity index (χ2n) is 7.01. The summed E-state index contributed by atoms with van der Waals surface area (Å²) in [5.41, 5.74) is 12.9. The lowest BCUT2D eigenvalue weighted by Crippen LogP contribution is -2.43. The SMILES string of the molecule is NC(=O)c1cc(F)c(N[C@@H]2CCCCC2N)nc1Nc1ccn2ccnc2c1. The summed E-state index contributed by atoms with van der Waals surface area (Å²) in [6.45, 7) is 0. The smallest absolute Gasteiger partial charge is 0.252 e. The van der Waals surface area contributed by atoms with Gasteiger partial charge >= 0.3 is 0 Å². The van der Waals surface area contributed by atoms with Crippen molar-refractivity contribution >= 4 is 28.9 Å². The largest absolute Gasteiger partial charge is 0.365 e. The third-order valence-electron chi connectivity index (χ3n) is 5.04. The van der Waals surface area contributed by atoms with Crippen molar-refractivity contribution in [2.45, 2.75) is 37.8 Å². The maximum atomic E-state index is 14.6. The minimum Gasteiger partial charge on any atom is -0.365 e. The molecule has 3 heterocycles. The number of aromatic nitrogens is 3. The molecule has 2 atom stereocenters. The first kappa shape index (κ1) is 18.2. The monoisotopic (exact) mass is 383 g/mol. The molecule has 28 heavy (non-hydrogen) atoms. The predicted octanol–water partition coefficient (Wildman–Crippen LogP) is 2.39. The molecule has 0 spiro atoms. The number of anilines is 3. The molecule has 0 radical (unpaired) electrons. The van der Waals surface area contributed by atoms with Crippen LogP contribution in [0.5, 0.6) is 0 Å². The number of carbonyl (C=O) groups is 1. The summed E-state index contributed by atoms with van der Waals surface area (Å²) >= 11 is 0. The number of halogens is 1. The number of hydrogen-bond acceptors (Lipinski definition) is 6. The van der Waals surface area contributed by atoms with Crippen LogP contribution in [0.3, 0.4) is 0 Å². The van der Waals surface area contributed by atoms with Gasteiger partial charge in [0.1, 0.15) is 11.5 Å². The molecule has 1 saturated carbocycles. The van der Waals surface area contributed by atoms with Crippen molar-refractivity contribution in [1.29, 1.82) is 0 Å². The molecule has 1 fully saturated rings. The van der Waals surface area contributed by atoms with E-state index in [1.54, 1.807) is 18.3 Å². The highest BCUT2D eigenvalue weighted by molar-refractivity contribution is 5.98. The highest BCUT2D eigenvalue weighted by atomic mass is 19.1. The Labute approximate surface area is 161 Å². The van der Waals surface area contributed by atoms with Gasteiger partial charge in [0.05, 0.1) is 5.56 Å². The molecule has 1 aliphatic carbocycles. The lowest BCUT2D eigenvalue weighted by Gasteiger charge is -2.30. The van der Waals surface area contributed by atoms with Gasteiger partial charge in [0.2, 0.25) is 0 Å². The van der Waals surface area contributed by atoms with Crippen LogP contribution in [0.25, 0.3) is 5.65 Å². The molecular formula is C19H22FN7O. The van der Waals surface area contributed by atoms with E-state index in [2.05, 4.69) is 20.6 Å². The summed E-state index contributed by atoms with van der Waals surface area (Å²) in [4.78, 5) is 20.3. The van der Waals surface area contributed by atoms with E-state index in [0.29, 0.717) is 5.69 Å². The van der Waals surface area contributed by atoms with Gasteiger partial charge in [0, 0.05) is 42.4 Å². The van der Waals surface area contributed by atoms with Crippen molar-refractivity contribution in [3.8, 4) is 0 Å². The third kappa shape index (κ3) is 3.61. The van der Waals surface area contributed by atoms with Crippen molar-refractivity contribution in [3.63, 3.8) is 0 Å². The molecule has 1 aliphatic rings. The van der Waals surface area contributed by atoms with Crippen LogP contribution in [0.15, 0.2) is 36.8 Å². The quantitative estimate of drug-likeness (QED) is 0.536. The van der Waals surface area contributed by atoms with Crippen LogP contribution in [-0.2, 0) is 0 Å². The minimum absolute atomic E-state index is 0.0285. The molecule has 0 saturated heterocycles. The van der Waals surface area contributed by atoms with E-state index >= 15 is 0 Å². The number of rotatable bonds is 5. The van der Waals surface area contributed by atoms with E-state index in [9.17, 15) is 9.18 Å². The maximum Gasteiger partial charge on any atom is 0.252 e. The zero-order chi connectivity index (χ0) is 19.7. The first-order valence-corrected chi connectivity index (χ1v) is 9.23. The molecular weight excluding hydrogens is 361 g/mol. The predicted molar refractivity (Wildman–Crippen MR) is 105 cm³/mol. The number of nitrogens with two attached hydrogens (primary N) is 2. The van der Waals surface area contributed by atoms with E-state index in [-0.39, 0.29) is 29.3 Å². The Morgan fingerprint density at radius 2 is 2.04 bits per heavy atom. The van der Waals surface area contributed by atoms with Crippen LogP contribution >= 0.6 is 0 Å². The Morgan fingerprint density at radius 1 is 1.21 bits per heavy atom. The number of primary amides is 1. The molecule has 146 valence electrons. The highest BCUT2D eigenvalue weighted by Gasteiger charge is 2.24. The molecule has 9 heteroatoms. The molecule has 1 amide bonds. The summed E-state index contributed by atoms with van der Waals surface area (Å²) in [6, 6.07) is 4.56. The molecule has 0 bridgehead atoms. The van der Waals surface area contributed by atoms with Crippen molar-refractivity contribution in [2.24, 2.45) is 11.5 Å². The zero-order valence-corrected chi connectivity index (χ0v) is 15.2. The van der Waals surface area contributed by atoms with E-state index < -0.39 is 11.7 Å². The summed E-state index contributed by atoms with van der Waals surface area (Å²) in [6.07, 6.45) is 9.14. The number of imidazole rings is 1. The Balaban J connectivity index is 1.66. The van der Waals surface area contributed by atoms with Crippen molar-refractivity contribution < 1.29 is 9.18 Å². The van der Waals surface area contributed by atoms with E-state index in [1.165, 1.54) is 0 Å². The van der Waals surface area contributed by atoms with Crippen LogP contribution < -0.4 is 22.1 Å². The summed E-state index contributed by atoms with van der Waals surface area (Å²) < 4.78 is 16.4. The highest BCUT2D eigenvalue weighted by Crippen LogP contribution is 2.27. The second kappa shape index (κ2) is 7.43. The first-order valence-electron chi connectivity index (χ1n) is 9.23. The van der Waals surface area contributed by atoms with Crippen molar-refractivity contribution in [2.75, 3.05) is 10.6 Å². The average molecular weight is 383 g/mol. The van der Waals surface area contributed by atoms with Gasteiger partial charge in [0.25, 0.3) is 5.91 Å². The lowest BCUT2D eigenvalue weighted by molar-refractivity contribution is 0.100. The molecule has 0 aliphatic heterocycles. The number of hydrogen-bond donors (Lipinski definition) is 4. The Morgan fingerprint density at radius 3 is 2.82 bits per heavy atom. The van der Waals surface area contributed by atoms with E-state index in [4.69, 9.17) is 11.5 Å². The van der Waals surface area contributed by atoms with Gasteiger partial charge in [-0.2, -0.15) is 0 Å². The fraction of sp³-hybridized carbons (Fsp3) is 0.316. The van der Waals surface area contributed by atoms with Crippen LogP contribution in [0.1, 0.15) is 36.0 Å². The number of amides is 1. The Bertz CT molecular complexity index is 1020. The summed E-state index contributed by atoms with van der Waals surface area (Å²) in [5, 5.41) is 6.15. The van der Waals surface area contributed by atoms with Gasteiger partial charge in [-0.1, -0.05) is 12.8 Å². The van der Waals surface area contributed by atoms with Gasteiger partial charge < -0.3 is 26.5 Å². The van der Waals surface area contributed by atoms with E-state index in [0.717, 1.165) is 37.4 Å². The standard InChI is InChI=1S/C19H22FN7O/c20-13-10-12(17(22)28)18(24-11-5-7-27-8-6-23-16(27)9-11)26-19(13)25-15-4-2-1-3-14(15)21/h5-10,14-15H,1-4,21H2,(H2,22,28)(H2,24,25,26)/t14?,15-/m1/s1. The number of fused-ring (bicyclic) bond motifs is 1. The molecule has 8 nitrogen and oxygen atoms in total. The lowest BCUT2D eigenvalue weighted by atomic mass is 9.91. The molecule has 3 aromatic heterocycles. The van der Waals surface area contributed by atoms with Crippen molar-refractivity contribution in [1.82, 2.24) is 14.4 Å². The van der Waals surface area contributed by atoms with Crippen LogP contribution in [0.2, 0.25) is 0 Å². The fourth-order valence-electron chi connectivity index (χ4n) is 3.51. The van der Waals surface area contributed by atoms with Crippen molar-refractivity contribution in [3.05, 3.63) is 48.2 Å². The fourth-order valence-corrected chi connectivity index (χ4v) is 3.51. The molecule has 1 unspecified atom stereocenters. The Hall–Kier alpha value is -3.20. The average Bonchev–Trinajstić information content (AvgIpc) is 3.13. The number of nitrogens with zero attached hydrogens (tertiary/aromatic N) is 3. The topological polar surface area (TPSA) is 123 Å². The molecule has 3 aromatic rings. The van der Waals surface area contributed by atoms with Gasteiger partial charge in [-0.15, -0.1) is 0 Å². The molecule has 0 aromatic carbocycles. The summed E-state index contributed by atoms with van der Waals surface area (Å²) in [7, 11) is 0. The van der Waals surface area contributed by atoms with Crippen LogP contribution in [0.4, 0.5) is 21.7 Å². The van der Waals surface area contributed by atoms with Gasteiger partial charge in [-0.3, -0.25) is 4.79 Å². The normalized spacial score (nSPS) is 19.5. The second-order valence-corrected chi connectivity index (χ2v) is 7.01.